The SMILES string of the molecule is CS(=O)c1cccc(CNC(=S)NCc2ccc(C(C)(C)C)cc2)c1. The summed E-state index contributed by atoms with van der Waals surface area (Å²) in [6.45, 7) is 7.93. The molecular weight excluding hydrogens is 348 g/mol. The van der Waals surface area contributed by atoms with E-state index in [1.807, 2.05) is 24.3 Å². The van der Waals surface area contributed by atoms with Crippen molar-refractivity contribution in [2.24, 2.45) is 0 Å². The number of thiocarbonyl (C=S) groups is 1. The molecule has 0 heterocycles. The van der Waals surface area contributed by atoms with Crippen LogP contribution >= 0.6 is 12.2 Å². The molecule has 0 radical (unpaired) electrons. The minimum absolute atomic E-state index is 0.166. The fourth-order valence-corrected chi connectivity index (χ4v) is 3.12. The Kier molecular flexibility index (Phi) is 6.73. The van der Waals surface area contributed by atoms with Gasteiger partial charge in [0.15, 0.2) is 5.11 Å². The van der Waals surface area contributed by atoms with Crippen LogP contribution in [0.5, 0.6) is 0 Å². The van der Waals surface area contributed by atoms with E-state index in [0.717, 1.165) is 10.5 Å². The van der Waals surface area contributed by atoms with Crippen molar-refractivity contribution in [3.63, 3.8) is 0 Å². The predicted molar refractivity (Wildman–Crippen MR) is 110 cm³/mol. The van der Waals surface area contributed by atoms with E-state index in [0.29, 0.717) is 18.2 Å². The van der Waals surface area contributed by atoms with E-state index in [2.05, 4.69) is 55.7 Å². The number of hydrogen-bond donors (Lipinski definition) is 2. The van der Waals surface area contributed by atoms with Crippen molar-refractivity contribution in [2.75, 3.05) is 6.26 Å². The summed E-state index contributed by atoms with van der Waals surface area (Å²) in [6.07, 6.45) is 1.68. The van der Waals surface area contributed by atoms with E-state index in [1.54, 1.807) is 6.26 Å². The molecule has 0 saturated carbocycles. The monoisotopic (exact) mass is 374 g/mol. The fraction of sp³-hybridized carbons (Fsp3) is 0.350. The first-order valence-corrected chi connectivity index (χ1v) is 10.3. The van der Waals surface area contributed by atoms with E-state index in [-0.39, 0.29) is 5.41 Å². The van der Waals surface area contributed by atoms with Gasteiger partial charge in [-0.2, -0.15) is 0 Å². The van der Waals surface area contributed by atoms with Crippen LogP contribution in [0.4, 0.5) is 0 Å². The van der Waals surface area contributed by atoms with Crippen LogP contribution in [0.25, 0.3) is 0 Å². The second-order valence-corrected chi connectivity index (χ2v) is 8.87. The largest absolute Gasteiger partial charge is 0.359 e. The van der Waals surface area contributed by atoms with Gasteiger partial charge >= 0.3 is 0 Å². The third kappa shape index (κ3) is 6.25. The van der Waals surface area contributed by atoms with Crippen molar-refractivity contribution >= 4 is 28.1 Å². The highest BCUT2D eigenvalue weighted by Gasteiger charge is 2.12. The Labute approximate surface area is 158 Å². The lowest BCUT2D eigenvalue weighted by atomic mass is 9.87. The molecule has 0 fully saturated rings. The second-order valence-electron chi connectivity index (χ2n) is 7.08. The van der Waals surface area contributed by atoms with Gasteiger partial charge in [-0.05, 0) is 46.5 Å². The number of rotatable bonds is 5. The van der Waals surface area contributed by atoms with Gasteiger partial charge in [-0.3, -0.25) is 4.21 Å². The summed E-state index contributed by atoms with van der Waals surface area (Å²) < 4.78 is 11.5. The van der Waals surface area contributed by atoms with Gasteiger partial charge in [0.1, 0.15) is 0 Å². The van der Waals surface area contributed by atoms with Crippen molar-refractivity contribution < 1.29 is 4.21 Å². The molecule has 0 aromatic heterocycles. The molecular formula is C20H26N2OS2. The van der Waals surface area contributed by atoms with Crippen LogP contribution in [0.3, 0.4) is 0 Å². The zero-order valence-corrected chi connectivity index (χ0v) is 16.9. The maximum Gasteiger partial charge on any atom is 0.166 e. The summed E-state index contributed by atoms with van der Waals surface area (Å²) in [6, 6.07) is 16.3. The summed E-state index contributed by atoms with van der Waals surface area (Å²) in [5.74, 6) is 0. The van der Waals surface area contributed by atoms with Gasteiger partial charge in [0.2, 0.25) is 0 Å². The van der Waals surface area contributed by atoms with Crippen molar-refractivity contribution in [1.82, 2.24) is 10.6 Å². The van der Waals surface area contributed by atoms with Gasteiger partial charge in [-0.1, -0.05) is 57.2 Å². The molecule has 0 aliphatic rings. The first kappa shape index (κ1) is 19.6. The predicted octanol–water partition coefficient (Wildman–Crippen LogP) is 3.89. The molecule has 0 aliphatic heterocycles. The minimum Gasteiger partial charge on any atom is -0.359 e. The van der Waals surface area contributed by atoms with Crippen LogP contribution in [0, 0.1) is 0 Å². The molecule has 0 saturated heterocycles. The van der Waals surface area contributed by atoms with Crippen LogP contribution in [-0.4, -0.2) is 15.6 Å². The third-order valence-corrected chi connectivity index (χ3v) is 5.16. The zero-order chi connectivity index (χ0) is 18.4. The Morgan fingerprint density at radius 2 is 1.60 bits per heavy atom. The van der Waals surface area contributed by atoms with Gasteiger partial charge in [0.05, 0.1) is 0 Å². The van der Waals surface area contributed by atoms with E-state index in [4.69, 9.17) is 12.2 Å². The van der Waals surface area contributed by atoms with Crippen molar-refractivity contribution in [2.45, 2.75) is 44.2 Å². The van der Waals surface area contributed by atoms with Gasteiger partial charge < -0.3 is 10.6 Å². The van der Waals surface area contributed by atoms with E-state index in [1.165, 1.54) is 11.1 Å². The van der Waals surface area contributed by atoms with E-state index in [9.17, 15) is 4.21 Å². The van der Waals surface area contributed by atoms with Crippen molar-refractivity contribution in [1.29, 1.82) is 0 Å². The highest BCUT2D eigenvalue weighted by Crippen LogP contribution is 2.22. The molecule has 1 unspecified atom stereocenters. The molecule has 0 spiro atoms. The highest BCUT2D eigenvalue weighted by atomic mass is 32.2. The lowest BCUT2D eigenvalue weighted by Gasteiger charge is -2.19. The molecule has 3 nitrogen and oxygen atoms in total. The highest BCUT2D eigenvalue weighted by molar-refractivity contribution is 7.84. The molecule has 2 rings (SSSR count). The van der Waals surface area contributed by atoms with E-state index >= 15 is 0 Å². The Morgan fingerprint density at radius 1 is 1.00 bits per heavy atom. The summed E-state index contributed by atoms with van der Waals surface area (Å²) in [7, 11) is -0.967. The van der Waals surface area contributed by atoms with Gasteiger partial charge in [-0.25, -0.2) is 0 Å². The molecule has 0 bridgehead atoms. The maximum atomic E-state index is 11.5. The summed E-state index contributed by atoms with van der Waals surface area (Å²) in [4.78, 5) is 0.831. The molecule has 25 heavy (non-hydrogen) atoms. The second kappa shape index (κ2) is 8.59. The quantitative estimate of drug-likeness (QED) is 0.779. The van der Waals surface area contributed by atoms with Crippen molar-refractivity contribution in [3.05, 3.63) is 65.2 Å². The first-order valence-electron chi connectivity index (χ1n) is 8.29. The van der Waals surface area contributed by atoms with Gasteiger partial charge in [-0.15, -0.1) is 0 Å². The molecule has 134 valence electrons. The first-order chi connectivity index (χ1) is 11.8. The molecule has 0 aliphatic carbocycles. The number of hydrogen-bond acceptors (Lipinski definition) is 2. The molecule has 0 amide bonds. The van der Waals surface area contributed by atoms with E-state index < -0.39 is 10.8 Å². The van der Waals surface area contributed by atoms with Gasteiger partial charge in [0.25, 0.3) is 0 Å². The van der Waals surface area contributed by atoms with Crippen molar-refractivity contribution in [3.8, 4) is 0 Å². The van der Waals surface area contributed by atoms with Crippen LogP contribution in [0.15, 0.2) is 53.4 Å². The molecule has 1 atom stereocenters. The van der Waals surface area contributed by atoms with Gasteiger partial charge in [0, 0.05) is 35.0 Å². The smallest absolute Gasteiger partial charge is 0.166 e. The summed E-state index contributed by atoms with van der Waals surface area (Å²) in [5.41, 5.74) is 3.75. The van der Waals surface area contributed by atoms with Crippen LogP contribution in [0.1, 0.15) is 37.5 Å². The molecule has 5 heteroatoms. The fourth-order valence-electron chi connectivity index (χ4n) is 2.38. The molecule has 2 N–H and O–H groups in total. The van der Waals surface area contributed by atoms with Crippen LogP contribution in [-0.2, 0) is 29.3 Å². The van der Waals surface area contributed by atoms with Crippen LogP contribution in [0.2, 0.25) is 0 Å². The van der Waals surface area contributed by atoms with Crippen LogP contribution < -0.4 is 10.6 Å². The number of benzene rings is 2. The summed E-state index contributed by atoms with van der Waals surface area (Å²) >= 11 is 5.34. The number of nitrogens with one attached hydrogen (secondary N) is 2. The Hall–Kier alpha value is -1.72. The molecule has 2 aromatic rings. The Balaban J connectivity index is 1.83. The average Bonchev–Trinajstić information content (AvgIpc) is 2.58. The zero-order valence-electron chi connectivity index (χ0n) is 15.3. The standard InChI is InChI=1S/C20H26N2OS2/c1-20(2,3)17-10-8-15(9-11-17)13-21-19(24)22-14-16-6-5-7-18(12-16)25(4)23/h5-12H,13-14H2,1-4H3,(H2,21,22,24). The minimum atomic E-state index is -0.967. The Morgan fingerprint density at radius 3 is 2.16 bits per heavy atom. The lowest BCUT2D eigenvalue weighted by molar-refractivity contribution is 0.590. The maximum absolute atomic E-state index is 11.5. The topological polar surface area (TPSA) is 41.1 Å². The molecule has 2 aromatic carbocycles. The summed E-state index contributed by atoms with van der Waals surface area (Å²) in [5, 5.41) is 7.03. The normalized spacial score (nSPS) is 12.5. The third-order valence-electron chi connectivity index (χ3n) is 3.96. The lowest BCUT2D eigenvalue weighted by Crippen LogP contribution is -2.34. The average molecular weight is 375 g/mol. The Bertz CT molecular complexity index is 749.